The summed E-state index contributed by atoms with van der Waals surface area (Å²) in [5.41, 5.74) is 0.0526. The van der Waals surface area contributed by atoms with Gasteiger partial charge in [-0.2, -0.15) is 0 Å². The third kappa shape index (κ3) is 2.60. The molecule has 0 saturated heterocycles. The van der Waals surface area contributed by atoms with Crippen LogP contribution < -0.4 is 4.74 Å². The molecule has 1 N–H and O–H groups in total. The Labute approximate surface area is 97.1 Å². The van der Waals surface area contributed by atoms with E-state index in [1.807, 2.05) is 0 Å². The van der Waals surface area contributed by atoms with Crippen LogP contribution in [0.3, 0.4) is 0 Å². The number of rotatable bonds is 3. The van der Waals surface area contributed by atoms with E-state index in [-0.39, 0.29) is 17.1 Å². The molecule has 17 heavy (non-hydrogen) atoms. The minimum atomic E-state index is -0.554. The summed E-state index contributed by atoms with van der Waals surface area (Å²) >= 11 is 0. The summed E-state index contributed by atoms with van der Waals surface area (Å²) in [7, 11) is 0. The van der Waals surface area contributed by atoms with Crippen LogP contribution >= 0.6 is 0 Å². The lowest BCUT2D eigenvalue weighted by Gasteiger charge is -2.10. The van der Waals surface area contributed by atoms with E-state index in [1.54, 1.807) is 6.07 Å². The normalized spacial score (nSPS) is 10.3. The van der Waals surface area contributed by atoms with Gasteiger partial charge in [0.1, 0.15) is 23.1 Å². The molecule has 0 heterocycles. The van der Waals surface area contributed by atoms with Crippen LogP contribution in [0.5, 0.6) is 11.5 Å². The molecule has 0 spiro atoms. The average Bonchev–Trinajstić information content (AvgIpc) is 2.29. The second-order valence-electron chi connectivity index (χ2n) is 3.43. The quantitative estimate of drug-likeness (QED) is 0.886. The standard InChI is InChI=1S/C13H10F2O2/c14-9-3-1-4-10(7-9)17-13-6-2-5-12(15)11(13)8-16/h1-7,16H,8H2. The average molecular weight is 236 g/mol. The van der Waals surface area contributed by atoms with Gasteiger partial charge in [0.25, 0.3) is 0 Å². The third-order valence-corrected chi connectivity index (χ3v) is 2.26. The van der Waals surface area contributed by atoms with Crippen molar-refractivity contribution in [1.82, 2.24) is 0 Å². The summed E-state index contributed by atoms with van der Waals surface area (Å²) in [6.07, 6.45) is 0. The molecule has 0 atom stereocenters. The highest BCUT2D eigenvalue weighted by atomic mass is 19.1. The van der Waals surface area contributed by atoms with Crippen molar-refractivity contribution in [3.05, 3.63) is 59.7 Å². The second-order valence-corrected chi connectivity index (χ2v) is 3.43. The van der Waals surface area contributed by atoms with E-state index in [9.17, 15) is 8.78 Å². The minimum Gasteiger partial charge on any atom is -0.457 e. The molecule has 0 radical (unpaired) electrons. The first kappa shape index (κ1) is 11.5. The Morgan fingerprint density at radius 2 is 1.82 bits per heavy atom. The highest BCUT2D eigenvalue weighted by Crippen LogP contribution is 2.27. The maximum Gasteiger partial charge on any atom is 0.135 e. The molecule has 0 aliphatic heterocycles. The van der Waals surface area contributed by atoms with Gasteiger partial charge in [-0.25, -0.2) is 8.78 Å². The Morgan fingerprint density at radius 1 is 1.06 bits per heavy atom. The molecule has 4 heteroatoms. The van der Waals surface area contributed by atoms with Gasteiger partial charge in [0.2, 0.25) is 0 Å². The van der Waals surface area contributed by atoms with Gasteiger partial charge in [0, 0.05) is 6.07 Å². The lowest BCUT2D eigenvalue weighted by atomic mass is 10.2. The molecule has 0 unspecified atom stereocenters. The van der Waals surface area contributed by atoms with Crippen molar-refractivity contribution < 1.29 is 18.6 Å². The number of benzene rings is 2. The van der Waals surface area contributed by atoms with Crippen molar-refractivity contribution >= 4 is 0 Å². The van der Waals surface area contributed by atoms with Crippen molar-refractivity contribution in [3.63, 3.8) is 0 Å². The van der Waals surface area contributed by atoms with Crippen LogP contribution in [0.25, 0.3) is 0 Å². The SMILES string of the molecule is OCc1c(F)cccc1Oc1cccc(F)c1. The monoisotopic (exact) mass is 236 g/mol. The second kappa shape index (κ2) is 4.93. The molecule has 2 aromatic carbocycles. The molecule has 0 saturated carbocycles. The number of aliphatic hydroxyl groups is 1. The molecule has 88 valence electrons. The molecule has 0 aliphatic carbocycles. The lowest BCUT2D eigenvalue weighted by Crippen LogP contribution is -1.95. The summed E-state index contributed by atoms with van der Waals surface area (Å²) in [6.45, 7) is -0.475. The minimum absolute atomic E-state index is 0.0526. The van der Waals surface area contributed by atoms with Crippen LogP contribution in [0, 0.1) is 11.6 Å². The van der Waals surface area contributed by atoms with Gasteiger partial charge >= 0.3 is 0 Å². The molecule has 0 aliphatic rings. The zero-order chi connectivity index (χ0) is 12.3. The van der Waals surface area contributed by atoms with E-state index in [2.05, 4.69) is 0 Å². The van der Waals surface area contributed by atoms with Gasteiger partial charge < -0.3 is 9.84 Å². The highest BCUT2D eigenvalue weighted by Gasteiger charge is 2.09. The summed E-state index contributed by atoms with van der Waals surface area (Å²) in [4.78, 5) is 0. The van der Waals surface area contributed by atoms with Crippen LogP contribution in [-0.4, -0.2) is 5.11 Å². The zero-order valence-electron chi connectivity index (χ0n) is 8.86. The van der Waals surface area contributed by atoms with E-state index in [1.165, 1.54) is 36.4 Å². The lowest BCUT2D eigenvalue weighted by molar-refractivity contribution is 0.270. The number of halogens is 2. The molecule has 2 nitrogen and oxygen atoms in total. The molecular weight excluding hydrogens is 226 g/mol. The first-order valence-electron chi connectivity index (χ1n) is 5.02. The Bertz CT molecular complexity index is 527. The van der Waals surface area contributed by atoms with Crippen LogP contribution in [0.2, 0.25) is 0 Å². The van der Waals surface area contributed by atoms with Gasteiger partial charge in [0.15, 0.2) is 0 Å². The van der Waals surface area contributed by atoms with E-state index < -0.39 is 18.2 Å². The largest absolute Gasteiger partial charge is 0.457 e. The third-order valence-electron chi connectivity index (χ3n) is 2.26. The fourth-order valence-corrected chi connectivity index (χ4v) is 1.45. The Kier molecular flexibility index (Phi) is 3.35. The van der Waals surface area contributed by atoms with Crippen LogP contribution in [-0.2, 0) is 6.61 Å². The van der Waals surface area contributed by atoms with E-state index in [0.29, 0.717) is 0 Å². The van der Waals surface area contributed by atoms with Crippen molar-refractivity contribution in [2.75, 3.05) is 0 Å². The maximum absolute atomic E-state index is 13.3. The number of ether oxygens (including phenoxy) is 1. The Hall–Kier alpha value is -1.94. The molecule has 0 aromatic heterocycles. The summed E-state index contributed by atoms with van der Waals surface area (Å²) < 4.78 is 31.6. The first-order valence-corrected chi connectivity index (χ1v) is 5.02. The maximum atomic E-state index is 13.3. The first-order chi connectivity index (χ1) is 8.20. The van der Waals surface area contributed by atoms with Crippen LogP contribution in [0.4, 0.5) is 8.78 Å². The number of hydrogen-bond donors (Lipinski definition) is 1. The molecular formula is C13H10F2O2. The Morgan fingerprint density at radius 3 is 2.53 bits per heavy atom. The smallest absolute Gasteiger partial charge is 0.135 e. The van der Waals surface area contributed by atoms with Crippen molar-refractivity contribution in [2.45, 2.75) is 6.61 Å². The summed E-state index contributed by atoms with van der Waals surface area (Å²) in [5.74, 6) is -0.561. The van der Waals surface area contributed by atoms with Crippen molar-refractivity contribution in [2.24, 2.45) is 0 Å². The molecule has 0 amide bonds. The van der Waals surface area contributed by atoms with Crippen molar-refractivity contribution in [1.29, 1.82) is 0 Å². The Balaban J connectivity index is 2.33. The predicted octanol–water partition coefficient (Wildman–Crippen LogP) is 3.25. The predicted molar refractivity (Wildman–Crippen MR) is 58.8 cm³/mol. The van der Waals surface area contributed by atoms with Gasteiger partial charge in [0.05, 0.1) is 12.2 Å². The zero-order valence-corrected chi connectivity index (χ0v) is 8.86. The number of aliphatic hydroxyl groups excluding tert-OH is 1. The molecule has 2 rings (SSSR count). The van der Waals surface area contributed by atoms with E-state index >= 15 is 0 Å². The van der Waals surface area contributed by atoms with Crippen LogP contribution in [0.15, 0.2) is 42.5 Å². The van der Waals surface area contributed by atoms with Gasteiger partial charge in [-0.15, -0.1) is 0 Å². The van der Waals surface area contributed by atoms with Gasteiger partial charge in [-0.1, -0.05) is 12.1 Å². The molecule has 0 fully saturated rings. The van der Waals surface area contributed by atoms with Crippen LogP contribution in [0.1, 0.15) is 5.56 Å². The fraction of sp³-hybridized carbons (Fsp3) is 0.0769. The van der Waals surface area contributed by atoms with E-state index in [0.717, 1.165) is 0 Å². The molecule has 2 aromatic rings. The van der Waals surface area contributed by atoms with E-state index in [4.69, 9.17) is 9.84 Å². The van der Waals surface area contributed by atoms with Gasteiger partial charge in [-0.05, 0) is 24.3 Å². The number of hydrogen-bond acceptors (Lipinski definition) is 2. The highest BCUT2D eigenvalue weighted by molar-refractivity contribution is 5.38. The summed E-state index contributed by atoms with van der Waals surface area (Å²) in [6, 6.07) is 9.71. The molecule has 0 bridgehead atoms. The van der Waals surface area contributed by atoms with Gasteiger partial charge in [-0.3, -0.25) is 0 Å². The topological polar surface area (TPSA) is 29.5 Å². The summed E-state index contributed by atoms with van der Waals surface area (Å²) in [5, 5.41) is 9.04. The fourth-order valence-electron chi connectivity index (χ4n) is 1.45. The van der Waals surface area contributed by atoms with Crippen molar-refractivity contribution in [3.8, 4) is 11.5 Å².